The Hall–Kier alpha value is -2.57. The number of ether oxygens (including phenoxy) is 1. The lowest BCUT2D eigenvalue weighted by Crippen LogP contribution is -2.12. The van der Waals surface area contributed by atoms with Gasteiger partial charge in [-0.2, -0.15) is 0 Å². The molecule has 0 saturated carbocycles. The van der Waals surface area contributed by atoms with E-state index in [9.17, 15) is 4.79 Å². The van der Waals surface area contributed by atoms with Crippen LogP contribution in [-0.2, 0) is 11.3 Å². The average Bonchev–Trinajstić information content (AvgIpc) is 3.17. The molecule has 1 atom stereocenters. The van der Waals surface area contributed by atoms with Gasteiger partial charge < -0.3 is 10.1 Å². The van der Waals surface area contributed by atoms with Crippen molar-refractivity contribution in [2.75, 3.05) is 5.32 Å². The van der Waals surface area contributed by atoms with Crippen LogP contribution in [0.1, 0.15) is 27.7 Å². The molecule has 1 aromatic heterocycles. The van der Waals surface area contributed by atoms with E-state index in [2.05, 4.69) is 15.4 Å². The molecular weight excluding hydrogens is 363 g/mol. The zero-order chi connectivity index (χ0) is 17.4. The number of hydrogen-bond acceptors (Lipinski definition) is 5. The summed E-state index contributed by atoms with van der Waals surface area (Å²) in [5.74, 6) is 0.0119. The van der Waals surface area contributed by atoms with E-state index in [1.165, 1.54) is 0 Å². The van der Waals surface area contributed by atoms with E-state index in [0.29, 0.717) is 28.1 Å². The number of aromatic nitrogens is 3. The standard InChI is InChI=1S/C17H12Cl2N4O2/c18-13-6-5-10(7-14(13)19)8-23-9-20-17(22-23)21-15-11-3-1-2-4-12(11)16(24)25-15/h1-7,9,15H,8H2,(H,21,22)/t15-/m1/s1. The molecule has 6 nitrogen and oxygen atoms in total. The van der Waals surface area contributed by atoms with Crippen LogP contribution < -0.4 is 5.32 Å². The van der Waals surface area contributed by atoms with E-state index in [1.807, 2.05) is 18.2 Å². The van der Waals surface area contributed by atoms with E-state index in [0.717, 1.165) is 11.1 Å². The lowest BCUT2D eigenvalue weighted by molar-refractivity contribution is 0.0436. The number of rotatable bonds is 4. The largest absolute Gasteiger partial charge is 0.434 e. The third-order valence-electron chi connectivity index (χ3n) is 3.81. The molecule has 8 heteroatoms. The molecule has 0 spiro atoms. The highest BCUT2D eigenvalue weighted by molar-refractivity contribution is 6.42. The molecule has 1 N–H and O–H groups in total. The molecule has 2 aromatic carbocycles. The van der Waals surface area contributed by atoms with Gasteiger partial charge in [0.2, 0.25) is 12.2 Å². The number of halogens is 2. The number of esters is 1. The fourth-order valence-corrected chi connectivity index (χ4v) is 2.95. The van der Waals surface area contributed by atoms with E-state index in [-0.39, 0.29) is 5.97 Å². The first kappa shape index (κ1) is 15.9. The van der Waals surface area contributed by atoms with Crippen molar-refractivity contribution in [2.45, 2.75) is 12.8 Å². The molecule has 4 rings (SSSR count). The predicted molar refractivity (Wildman–Crippen MR) is 93.8 cm³/mol. The van der Waals surface area contributed by atoms with E-state index in [1.54, 1.807) is 35.3 Å². The van der Waals surface area contributed by atoms with Gasteiger partial charge in [0.05, 0.1) is 22.2 Å². The molecule has 0 aliphatic carbocycles. The van der Waals surface area contributed by atoms with Crippen molar-refractivity contribution in [1.82, 2.24) is 14.8 Å². The fourth-order valence-electron chi connectivity index (χ4n) is 2.63. The lowest BCUT2D eigenvalue weighted by atomic mass is 10.1. The Balaban J connectivity index is 1.49. The third-order valence-corrected chi connectivity index (χ3v) is 4.55. The van der Waals surface area contributed by atoms with Crippen LogP contribution in [-0.4, -0.2) is 20.7 Å². The summed E-state index contributed by atoms with van der Waals surface area (Å²) in [7, 11) is 0. The van der Waals surface area contributed by atoms with Gasteiger partial charge in [-0.25, -0.2) is 14.5 Å². The molecule has 25 heavy (non-hydrogen) atoms. The summed E-state index contributed by atoms with van der Waals surface area (Å²) >= 11 is 11.9. The maximum Gasteiger partial charge on any atom is 0.340 e. The molecule has 1 aliphatic rings. The van der Waals surface area contributed by atoms with Crippen LogP contribution in [0, 0.1) is 0 Å². The highest BCUT2D eigenvalue weighted by Crippen LogP contribution is 2.30. The van der Waals surface area contributed by atoms with Gasteiger partial charge in [-0.05, 0) is 23.8 Å². The van der Waals surface area contributed by atoms with Crippen LogP contribution in [0.3, 0.4) is 0 Å². The summed E-state index contributed by atoms with van der Waals surface area (Å²) in [4.78, 5) is 16.0. The van der Waals surface area contributed by atoms with Gasteiger partial charge in [-0.1, -0.05) is 47.5 Å². The van der Waals surface area contributed by atoms with Crippen LogP contribution in [0.5, 0.6) is 0 Å². The van der Waals surface area contributed by atoms with Gasteiger partial charge in [0.25, 0.3) is 0 Å². The molecule has 126 valence electrons. The average molecular weight is 375 g/mol. The number of cyclic esters (lactones) is 1. The maximum absolute atomic E-state index is 11.8. The van der Waals surface area contributed by atoms with Crippen molar-refractivity contribution in [1.29, 1.82) is 0 Å². The van der Waals surface area contributed by atoms with Gasteiger partial charge in [0.1, 0.15) is 6.33 Å². The zero-order valence-corrected chi connectivity index (χ0v) is 14.3. The van der Waals surface area contributed by atoms with Gasteiger partial charge in [0.15, 0.2) is 0 Å². The second kappa shape index (κ2) is 6.38. The van der Waals surface area contributed by atoms with Crippen molar-refractivity contribution < 1.29 is 9.53 Å². The Morgan fingerprint density at radius 2 is 2.00 bits per heavy atom. The van der Waals surface area contributed by atoms with Crippen molar-refractivity contribution >= 4 is 35.1 Å². The van der Waals surface area contributed by atoms with Crippen LogP contribution in [0.25, 0.3) is 0 Å². The third kappa shape index (κ3) is 3.18. The molecule has 0 fully saturated rings. The summed E-state index contributed by atoms with van der Waals surface area (Å²) < 4.78 is 6.98. The maximum atomic E-state index is 11.8. The molecule has 0 amide bonds. The van der Waals surface area contributed by atoms with Crippen molar-refractivity contribution in [3.8, 4) is 0 Å². The highest BCUT2D eigenvalue weighted by atomic mass is 35.5. The van der Waals surface area contributed by atoms with Crippen molar-refractivity contribution in [3.05, 3.63) is 75.5 Å². The Labute approximate surface area is 153 Å². The predicted octanol–water partition coefficient (Wildman–Crippen LogP) is 3.91. The van der Waals surface area contributed by atoms with Gasteiger partial charge in [0, 0.05) is 5.56 Å². The number of anilines is 1. The number of benzene rings is 2. The van der Waals surface area contributed by atoms with Crippen LogP contribution >= 0.6 is 23.2 Å². The second-order valence-corrected chi connectivity index (χ2v) is 6.35. The highest BCUT2D eigenvalue weighted by Gasteiger charge is 2.31. The Morgan fingerprint density at radius 1 is 1.16 bits per heavy atom. The minimum absolute atomic E-state index is 0.358. The Bertz CT molecular complexity index is 957. The fraction of sp³-hybridized carbons (Fsp3) is 0.118. The minimum Gasteiger partial charge on any atom is -0.434 e. The summed E-state index contributed by atoms with van der Waals surface area (Å²) in [5, 5.41) is 8.37. The van der Waals surface area contributed by atoms with E-state index >= 15 is 0 Å². The first-order valence-electron chi connectivity index (χ1n) is 7.50. The Kier molecular flexibility index (Phi) is 4.07. The van der Waals surface area contributed by atoms with Crippen LogP contribution in [0.15, 0.2) is 48.8 Å². The summed E-state index contributed by atoms with van der Waals surface area (Å²) in [6.45, 7) is 0.493. The molecule has 0 unspecified atom stereocenters. The molecule has 2 heterocycles. The summed E-state index contributed by atoms with van der Waals surface area (Å²) in [6.07, 6.45) is 0.998. The van der Waals surface area contributed by atoms with Crippen molar-refractivity contribution in [3.63, 3.8) is 0 Å². The number of fused-ring (bicyclic) bond motifs is 1. The topological polar surface area (TPSA) is 69.0 Å². The Morgan fingerprint density at radius 3 is 2.84 bits per heavy atom. The molecule has 1 aliphatic heterocycles. The van der Waals surface area contributed by atoms with Crippen molar-refractivity contribution in [2.24, 2.45) is 0 Å². The number of carbonyl (C=O) groups excluding carboxylic acids is 1. The van der Waals surface area contributed by atoms with Crippen LogP contribution in [0.4, 0.5) is 5.95 Å². The second-order valence-electron chi connectivity index (χ2n) is 5.53. The normalized spacial score (nSPS) is 15.8. The van der Waals surface area contributed by atoms with E-state index < -0.39 is 6.23 Å². The number of nitrogens with one attached hydrogen (secondary N) is 1. The number of nitrogens with zero attached hydrogens (tertiary/aromatic N) is 3. The van der Waals surface area contributed by atoms with Gasteiger partial charge in [-0.3, -0.25) is 0 Å². The first-order chi connectivity index (χ1) is 12.1. The smallest absolute Gasteiger partial charge is 0.340 e. The molecule has 3 aromatic rings. The number of hydrogen-bond donors (Lipinski definition) is 1. The van der Waals surface area contributed by atoms with E-state index in [4.69, 9.17) is 27.9 Å². The summed E-state index contributed by atoms with van der Waals surface area (Å²) in [6, 6.07) is 12.6. The lowest BCUT2D eigenvalue weighted by Gasteiger charge is -2.10. The molecule has 0 radical (unpaired) electrons. The molecular formula is C17H12Cl2N4O2. The first-order valence-corrected chi connectivity index (χ1v) is 8.25. The SMILES string of the molecule is O=C1O[C@@H](Nc2ncn(Cc3ccc(Cl)c(Cl)c3)n2)c2ccccc21. The minimum atomic E-state index is -0.593. The quantitative estimate of drug-likeness (QED) is 0.701. The number of carbonyl (C=O) groups is 1. The van der Waals surface area contributed by atoms with Gasteiger partial charge in [-0.15, -0.1) is 5.10 Å². The molecule has 0 saturated heterocycles. The zero-order valence-electron chi connectivity index (χ0n) is 12.8. The summed E-state index contributed by atoms with van der Waals surface area (Å²) in [5.41, 5.74) is 2.27. The monoisotopic (exact) mass is 374 g/mol. The van der Waals surface area contributed by atoms with Gasteiger partial charge >= 0.3 is 5.97 Å². The molecule has 0 bridgehead atoms. The van der Waals surface area contributed by atoms with Crippen LogP contribution in [0.2, 0.25) is 10.0 Å².